The molecular formula is C27H26N2. The Morgan fingerprint density at radius 2 is 1.48 bits per heavy atom. The second-order valence-corrected chi connectivity index (χ2v) is 7.68. The van der Waals surface area contributed by atoms with Gasteiger partial charge in [0, 0.05) is 12.5 Å². The number of aromatic nitrogens is 2. The minimum Gasteiger partial charge on any atom is -0.326 e. The fourth-order valence-corrected chi connectivity index (χ4v) is 3.94. The van der Waals surface area contributed by atoms with Crippen LogP contribution in [-0.4, -0.2) is 9.55 Å². The van der Waals surface area contributed by atoms with Gasteiger partial charge < -0.3 is 4.57 Å². The molecule has 0 aliphatic heterocycles. The van der Waals surface area contributed by atoms with Gasteiger partial charge >= 0.3 is 0 Å². The fourth-order valence-electron chi connectivity index (χ4n) is 3.94. The van der Waals surface area contributed by atoms with E-state index in [0.717, 1.165) is 17.8 Å². The zero-order chi connectivity index (χ0) is 20.2. The quantitative estimate of drug-likeness (QED) is 0.380. The molecule has 0 amide bonds. The van der Waals surface area contributed by atoms with Gasteiger partial charge in [-0.1, -0.05) is 96.6 Å². The first-order chi connectivity index (χ1) is 14.1. The van der Waals surface area contributed by atoms with Gasteiger partial charge in [-0.05, 0) is 36.1 Å². The molecule has 2 nitrogen and oxygen atoms in total. The number of aryl methyl sites for hydroxylation is 2. The molecule has 0 bridgehead atoms. The summed E-state index contributed by atoms with van der Waals surface area (Å²) in [5.41, 5.74) is 8.41. The third-order valence-electron chi connectivity index (χ3n) is 5.34. The first-order valence-corrected chi connectivity index (χ1v) is 9.98. The largest absolute Gasteiger partial charge is 0.326 e. The Kier molecular flexibility index (Phi) is 5.44. The standard InChI is InChI=1S/C27H26N2/c1-20-9-7-13-24(15-20)27(25-14-8-10-21(2)16-25)22(3)26-17-28-19-29(26)18-23-11-5-4-6-12-23/h4-17,19,27H,3,18H2,1-2H3. The summed E-state index contributed by atoms with van der Waals surface area (Å²) >= 11 is 0. The minimum absolute atomic E-state index is 0.0843. The van der Waals surface area contributed by atoms with Crippen molar-refractivity contribution >= 4 is 5.57 Å². The van der Waals surface area contributed by atoms with Crippen LogP contribution in [0, 0.1) is 13.8 Å². The van der Waals surface area contributed by atoms with Crippen LogP contribution in [0.4, 0.5) is 0 Å². The second kappa shape index (κ2) is 8.32. The molecule has 1 aromatic heterocycles. The molecular weight excluding hydrogens is 352 g/mol. The highest BCUT2D eigenvalue weighted by molar-refractivity contribution is 5.71. The van der Waals surface area contributed by atoms with Crippen molar-refractivity contribution in [3.8, 4) is 0 Å². The van der Waals surface area contributed by atoms with Gasteiger partial charge in [0.05, 0.1) is 18.2 Å². The summed E-state index contributed by atoms with van der Waals surface area (Å²) < 4.78 is 2.19. The van der Waals surface area contributed by atoms with Crippen molar-refractivity contribution in [2.24, 2.45) is 0 Å². The maximum atomic E-state index is 4.55. The Morgan fingerprint density at radius 1 is 0.862 bits per heavy atom. The average Bonchev–Trinajstić information content (AvgIpc) is 3.17. The first kappa shape index (κ1) is 18.9. The summed E-state index contributed by atoms with van der Waals surface area (Å²) in [6, 6.07) is 27.9. The molecule has 29 heavy (non-hydrogen) atoms. The van der Waals surface area contributed by atoms with Gasteiger partial charge in [0.2, 0.25) is 0 Å². The van der Waals surface area contributed by atoms with Crippen LogP contribution in [-0.2, 0) is 6.54 Å². The normalized spacial score (nSPS) is 11.0. The number of hydrogen-bond donors (Lipinski definition) is 0. The SMILES string of the molecule is C=C(c1cncn1Cc1ccccc1)C(c1cccc(C)c1)c1cccc(C)c1. The molecule has 0 saturated heterocycles. The lowest BCUT2D eigenvalue weighted by molar-refractivity contribution is 0.780. The smallest absolute Gasteiger partial charge is 0.0954 e. The van der Waals surface area contributed by atoms with E-state index in [2.05, 4.69) is 103 Å². The molecule has 0 aliphatic carbocycles. The molecule has 2 heteroatoms. The van der Waals surface area contributed by atoms with E-state index in [4.69, 9.17) is 0 Å². The van der Waals surface area contributed by atoms with Gasteiger partial charge in [0.1, 0.15) is 0 Å². The van der Waals surface area contributed by atoms with Crippen LogP contribution >= 0.6 is 0 Å². The van der Waals surface area contributed by atoms with Crippen molar-refractivity contribution in [3.05, 3.63) is 131 Å². The van der Waals surface area contributed by atoms with Crippen LogP contribution in [0.15, 0.2) is 98.0 Å². The average molecular weight is 379 g/mol. The van der Waals surface area contributed by atoms with E-state index >= 15 is 0 Å². The maximum absolute atomic E-state index is 4.55. The highest BCUT2D eigenvalue weighted by Crippen LogP contribution is 2.37. The molecule has 3 aromatic carbocycles. The van der Waals surface area contributed by atoms with Crippen LogP contribution in [0.5, 0.6) is 0 Å². The first-order valence-electron chi connectivity index (χ1n) is 9.98. The van der Waals surface area contributed by atoms with Gasteiger partial charge in [-0.15, -0.1) is 0 Å². The monoisotopic (exact) mass is 378 g/mol. The summed E-state index contributed by atoms with van der Waals surface area (Å²) in [6.45, 7) is 9.61. The van der Waals surface area contributed by atoms with Crippen LogP contribution < -0.4 is 0 Å². The predicted molar refractivity (Wildman–Crippen MR) is 121 cm³/mol. The summed E-state index contributed by atoms with van der Waals surface area (Å²) in [6.07, 6.45) is 3.83. The maximum Gasteiger partial charge on any atom is 0.0954 e. The summed E-state index contributed by atoms with van der Waals surface area (Å²) in [5.74, 6) is 0.0843. The highest BCUT2D eigenvalue weighted by atomic mass is 15.0. The second-order valence-electron chi connectivity index (χ2n) is 7.68. The van der Waals surface area contributed by atoms with E-state index in [0.29, 0.717) is 0 Å². The molecule has 4 rings (SSSR count). The van der Waals surface area contributed by atoms with Gasteiger partial charge in [0.15, 0.2) is 0 Å². The molecule has 0 fully saturated rings. The van der Waals surface area contributed by atoms with E-state index in [9.17, 15) is 0 Å². The number of nitrogens with zero attached hydrogens (tertiary/aromatic N) is 2. The number of rotatable bonds is 6. The lowest BCUT2D eigenvalue weighted by Gasteiger charge is -2.23. The number of hydrogen-bond acceptors (Lipinski definition) is 1. The van der Waals surface area contributed by atoms with Gasteiger partial charge in [0.25, 0.3) is 0 Å². The van der Waals surface area contributed by atoms with E-state index in [1.165, 1.54) is 27.8 Å². The molecule has 0 saturated carbocycles. The molecule has 0 spiro atoms. The van der Waals surface area contributed by atoms with E-state index < -0.39 is 0 Å². The Hall–Kier alpha value is -3.39. The van der Waals surface area contributed by atoms with Crippen molar-refractivity contribution in [2.45, 2.75) is 26.3 Å². The number of imidazole rings is 1. The van der Waals surface area contributed by atoms with Crippen LogP contribution in [0.25, 0.3) is 5.57 Å². The Bertz CT molecular complexity index is 1080. The topological polar surface area (TPSA) is 17.8 Å². The molecule has 0 atom stereocenters. The number of benzene rings is 3. The van der Waals surface area contributed by atoms with Gasteiger partial charge in [-0.3, -0.25) is 0 Å². The number of allylic oxidation sites excluding steroid dienone is 1. The van der Waals surface area contributed by atoms with Gasteiger partial charge in [-0.2, -0.15) is 0 Å². The molecule has 0 radical (unpaired) electrons. The Morgan fingerprint density at radius 3 is 2.07 bits per heavy atom. The van der Waals surface area contributed by atoms with Crippen molar-refractivity contribution in [1.82, 2.24) is 9.55 Å². The molecule has 144 valence electrons. The van der Waals surface area contributed by atoms with Gasteiger partial charge in [-0.25, -0.2) is 4.98 Å². The zero-order valence-electron chi connectivity index (χ0n) is 17.0. The highest BCUT2D eigenvalue weighted by Gasteiger charge is 2.22. The van der Waals surface area contributed by atoms with Crippen LogP contribution in [0.2, 0.25) is 0 Å². The summed E-state index contributed by atoms with van der Waals surface area (Å²) in [4.78, 5) is 4.45. The van der Waals surface area contributed by atoms with Crippen LogP contribution in [0.1, 0.15) is 39.4 Å². The summed E-state index contributed by atoms with van der Waals surface area (Å²) in [7, 11) is 0. The van der Waals surface area contributed by atoms with E-state index in [-0.39, 0.29) is 5.92 Å². The molecule has 0 N–H and O–H groups in total. The lowest BCUT2D eigenvalue weighted by atomic mass is 9.83. The fraction of sp³-hybridized carbons (Fsp3) is 0.148. The Labute approximate surface area is 173 Å². The van der Waals surface area contributed by atoms with Crippen LogP contribution in [0.3, 0.4) is 0 Å². The predicted octanol–water partition coefficient (Wildman–Crippen LogP) is 6.39. The van der Waals surface area contributed by atoms with Crippen molar-refractivity contribution < 1.29 is 0 Å². The zero-order valence-corrected chi connectivity index (χ0v) is 17.0. The molecule has 1 heterocycles. The molecule has 0 unspecified atom stereocenters. The molecule has 0 aliphatic rings. The van der Waals surface area contributed by atoms with Crippen molar-refractivity contribution in [2.75, 3.05) is 0 Å². The Balaban J connectivity index is 1.76. The van der Waals surface area contributed by atoms with E-state index in [1.54, 1.807) is 0 Å². The third kappa shape index (κ3) is 4.22. The van der Waals surface area contributed by atoms with E-state index in [1.807, 2.05) is 18.6 Å². The van der Waals surface area contributed by atoms with Crippen molar-refractivity contribution in [3.63, 3.8) is 0 Å². The third-order valence-corrected chi connectivity index (χ3v) is 5.34. The lowest BCUT2D eigenvalue weighted by Crippen LogP contribution is -2.09. The molecule has 4 aromatic rings. The minimum atomic E-state index is 0.0843. The van der Waals surface area contributed by atoms with Crippen molar-refractivity contribution in [1.29, 1.82) is 0 Å². The summed E-state index contributed by atoms with van der Waals surface area (Å²) in [5, 5.41) is 0.